The SMILES string of the molecule is O=S(=O)(Cc1ccc(Cl)cc1)C1CNC1. The maximum absolute atomic E-state index is 11.8. The van der Waals surface area contributed by atoms with Crippen LogP contribution in [0.2, 0.25) is 5.02 Å². The Bertz CT molecular complexity index is 437. The second-order valence-electron chi connectivity index (χ2n) is 3.71. The van der Waals surface area contributed by atoms with Gasteiger partial charge in [-0.25, -0.2) is 8.42 Å². The second kappa shape index (κ2) is 4.12. The standard InChI is InChI=1S/C10H12ClNO2S/c11-9-3-1-8(2-4-9)7-15(13,14)10-5-12-6-10/h1-4,10,12H,5-7H2. The molecule has 1 fully saturated rings. The summed E-state index contributed by atoms with van der Waals surface area (Å²) in [4.78, 5) is 0. The summed E-state index contributed by atoms with van der Waals surface area (Å²) < 4.78 is 23.6. The molecule has 0 bridgehead atoms. The van der Waals surface area contributed by atoms with Crippen LogP contribution in [0.1, 0.15) is 5.56 Å². The van der Waals surface area contributed by atoms with Crippen molar-refractivity contribution in [3.05, 3.63) is 34.9 Å². The van der Waals surface area contributed by atoms with Crippen molar-refractivity contribution in [1.82, 2.24) is 5.32 Å². The van der Waals surface area contributed by atoms with Gasteiger partial charge in [-0.2, -0.15) is 0 Å². The smallest absolute Gasteiger partial charge is 0.159 e. The summed E-state index contributed by atoms with van der Waals surface area (Å²) in [6.45, 7) is 1.16. The third-order valence-electron chi connectivity index (χ3n) is 2.53. The number of hydrogen-bond acceptors (Lipinski definition) is 3. The highest BCUT2D eigenvalue weighted by Crippen LogP contribution is 2.16. The highest BCUT2D eigenvalue weighted by molar-refractivity contribution is 7.91. The molecule has 1 heterocycles. The lowest BCUT2D eigenvalue weighted by atomic mass is 10.2. The van der Waals surface area contributed by atoms with Gasteiger partial charge in [0.2, 0.25) is 0 Å². The lowest BCUT2D eigenvalue weighted by molar-refractivity contribution is 0.495. The molecule has 0 aliphatic carbocycles. The quantitative estimate of drug-likeness (QED) is 0.871. The summed E-state index contributed by atoms with van der Waals surface area (Å²) in [5, 5.41) is 3.37. The van der Waals surface area contributed by atoms with Crippen LogP contribution < -0.4 is 5.32 Å². The Balaban J connectivity index is 2.11. The first kappa shape index (κ1) is 10.9. The Morgan fingerprint density at radius 1 is 1.27 bits per heavy atom. The van der Waals surface area contributed by atoms with Crippen molar-refractivity contribution in [3.8, 4) is 0 Å². The molecule has 1 aliphatic heterocycles. The van der Waals surface area contributed by atoms with Crippen molar-refractivity contribution < 1.29 is 8.42 Å². The van der Waals surface area contributed by atoms with Crippen LogP contribution in [-0.2, 0) is 15.6 Å². The van der Waals surface area contributed by atoms with Gasteiger partial charge in [0.25, 0.3) is 0 Å². The van der Waals surface area contributed by atoms with Crippen LogP contribution in [0.5, 0.6) is 0 Å². The summed E-state index contributed by atoms with van der Waals surface area (Å²) in [5.41, 5.74) is 0.798. The lowest BCUT2D eigenvalue weighted by Crippen LogP contribution is -2.51. The molecule has 5 heteroatoms. The fraction of sp³-hybridized carbons (Fsp3) is 0.400. The molecular weight excluding hydrogens is 234 g/mol. The second-order valence-corrected chi connectivity index (χ2v) is 6.43. The number of nitrogens with one attached hydrogen (secondary N) is 1. The maximum atomic E-state index is 11.8. The van der Waals surface area contributed by atoms with Crippen LogP contribution >= 0.6 is 11.6 Å². The minimum absolute atomic E-state index is 0.108. The van der Waals surface area contributed by atoms with E-state index in [1.807, 2.05) is 0 Å². The van der Waals surface area contributed by atoms with Crippen LogP contribution in [0.15, 0.2) is 24.3 Å². The minimum Gasteiger partial charge on any atom is -0.314 e. The third kappa shape index (κ3) is 2.51. The van der Waals surface area contributed by atoms with Crippen molar-refractivity contribution in [2.75, 3.05) is 13.1 Å². The van der Waals surface area contributed by atoms with Gasteiger partial charge in [-0.05, 0) is 17.7 Å². The van der Waals surface area contributed by atoms with Gasteiger partial charge in [0.05, 0.1) is 11.0 Å². The Labute approximate surface area is 94.4 Å². The zero-order chi connectivity index (χ0) is 10.9. The van der Waals surface area contributed by atoms with E-state index in [-0.39, 0.29) is 11.0 Å². The Morgan fingerprint density at radius 3 is 2.33 bits per heavy atom. The highest BCUT2D eigenvalue weighted by atomic mass is 35.5. The third-order valence-corrected chi connectivity index (χ3v) is 4.87. The summed E-state index contributed by atoms with van der Waals surface area (Å²) in [5.74, 6) is 0.108. The molecule has 1 N–H and O–H groups in total. The largest absolute Gasteiger partial charge is 0.314 e. The molecule has 1 aromatic carbocycles. The first-order chi connectivity index (χ1) is 7.08. The maximum Gasteiger partial charge on any atom is 0.159 e. The molecule has 1 aromatic rings. The average molecular weight is 246 g/mol. The van der Waals surface area contributed by atoms with Crippen molar-refractivity contribution in [3.63, 3.8) is 0 Å². The molecule has 1 aliphatic rings. The normalized spacial score (nSPS) is 17.4. The van der Waals surface area contributed by atoms with Crippen LogP contribution in [-0.4, -0.2) is 26.8 Å². The minimum atomic E-state index is -3.00. The van der Waals surface area contributed by atoms with Crippen LogP contribution in [0, 0.1) is 0 Å². The van der Waals surface area contributed by atoms with Crippen molar-refractivity contribution in [2.24, 2.45) is 0 Å². The monoisotopic (exact) mass is 245 g/mol. The van der Waals surface area contributed by atoms with E-state index >= 15 is 0 Å². The first-order valence-electron chi connectivity index (χ1n) is 4.75. The van der Waals surface area contributed by atoms with Gasteiger partial charge >= 0.3 is 0 Å². The molecule has 1 saturated heterocycles. The van der Waals surface area contributed by atoms with Crippen molar-refractivity contribution in [2.45, 2.75) is 11.0 Å². The molecule has 0 unspecified atom stereocenters. The van der Waals surface area contributed by atoms with Crippen LogP contribution in [0.25, 0.3) is 0 Å². The molecule has 0 radical (unpaired) electrons. The van der Waals surface area contributed by atoms with Crippen molar-refractivity contribution in [1.29, 1.82) is 0 Å². The van der Waals surface area contributed by atoms with E-state index in [1.54, 1.807) is 24.3 Å². The topological polar surface area (TPSA) is 46.2 Å². The summed E-state index contributed by atoms with van der Waals surface area (Å²) in [6, 6.07) is 6.94. The number of rotatable bonds is 3. The molecule has 3 nitrogen and oxygen atoms in total. The van der Waals surface area contributed by atoms with E-state index in [4.69, 9.17) is 11.6 Å². The van der Waals surface area contributed by atoms with E-state index in [0.717, 1.165) is 5.56 Å². The fourth-order valence-corrected chi connectivity index (χ4v) is 3.21. The number of hydrogen-bond donors (Lipinski definition) is 1. The number of halogens is 1. The predicted molar refractivity (Wildman–Crippen MR) is 60.7 cm³/mol. The summed E-state index contributed by atoms with van der Waals surface area (Å²) in [7, 11) is -3.00. The lowest BCUT2D eigenvalue weighted by Gasteiger charge is -2.26. The molecule has 15 heavy (non-hydrogen) atoms. The van der Waals surface area contributed by atoms with Gasteiger partial charge in [-0.3, -0.25) is 0 Å². The van der Waals surface area contributed by atoms with Crippen molar-refractivity contribution >= 4 is 21.4 Å². The van der Waals surface area contributed by atoms with E-state index < -0.39 is 9.84 Å². The number of sulfone groups is 1. The summed E-state index contributed by atoms with van der Waals surface area (Å²) in [6.07, 6.45) is 0. The first-order valence-corrected chi connectivity index (χ1v) is 6.84. The van der Waals surface area contributed by atoms with Crippen LogP contribution in [0.4, 0.5) is 0 Å². The molecule has 0 aromatic heterocycles. The van der Waals surface area contributed by atoms with Gasteiger partial charge in [0.1, 0.15) is 0 Å². The Kier molecular flexibility index (Phi) is 3.00. The van der Waals surface area contributed by atoms with Gasteiger partial charge in [0, 0.05) is 18.1 Å². The van der Waals surface area contributed by atoms with E-state index in [9.17, 15) is 8.42 Å². The zero-order valence-corrected chi connectivity index (χ0v) is 9.68. The Hall–Kier alpha value is -0.580. The zero-order valence-electron chi connectivity index (χ0n) is 8.11. The number of benzene rings is 1. The molecule has 0 spiro atoms. The van der Waals surface area contributed by atoms with Gasteiger partial charge in [0.15, 0.2) is 9.84 Å². The van der Waals surface area contributed by atoms with Gasteiger partial charge < -0.3 is 5.32 Å². The van der Waals surface area contributed by atoms with E-state index in [1.165, 1.54) is 0 Å². The predicted octanol–water partition coefficient (Wildman–Crippen LogP) is 1.23. The molecule has 0 atom stereocenters. The molecular formula is C10H12ClNO2S. The fourth-order valence-electron chi connectivity index (χ4n) is 1.45. The Morgan fingerprint density at radius 2 is 1.87 bits per heavy atom. The molecule has 2 rings (SSSR count). The van der Waals surface area contributed by atoms with Crippen LogP contribution in [0.3, 0.4) is 0 Å². The molecule has 82 valence electrons. The van der Waals surface area contributed by atoms with E-state index in [2.05, 4.69) is 5.32 Å². The van der Waals surface area contributed by atoms with E-state index in [0.29, 0.717) is 18.1 Å². The average Bonchev–Trinajstić information content (AvgIpc) is 2.04. The molecule has 0 amide bonds. The highest BCUT2D eigenvalue weighted by Gasteiger charge is 2.30. The van der Waals surface area contributed by atoms with Gasteiger partial charge in [-0.1, -0.05) is 23.7 Å². The summed E-state index contributed by atoms with van der Waals surface area (Å²) >= 11 is 5.72. The molecule has 0 saturated carbocycles. The van der Waals surface area contributed by atoms with Gasteiger partial charge in [-0.15, -0.1) is 0 Å².